The first kappa shape index (κ1) is 26.6. The van der Waals surface area contributed by atoms with E-state index in [1.807, 2.05) is 31.2 Å². The zero-order valence-electron chi connectivity index (χ0n) is 22.6. The van der Waals surface area contributed by atoms with Crippen LogP contribution in [0.2, 0.25) is 5.02 Å². The van der Waals surface area contributed by atoms with E-state index < -0.39 is 0 Å². The van der Waals surface area contributed by atoms with Crippen LogP contribution in [0.3, 0.4) is 0 Å². The molecule has 208 valence electrons. The summed E-state index contributed by atoms with van der Waals surface area (Å²) in [5, 5.41) is 3.45. The third-order valence-electron chi connectivity index (χ3n) is 7.88. The number of hydrogen-bond acceptors (Lipinski definition) is 5. The van der Waals surface area contributed by atoms with Crippen molar-refractivity contribution < 1.29 is 13.9 Å². The molecule has 0 unspecified atom stereocenters. The number of fused-ring (bicyclic) bond motifs is 1. The number of amides is 1. The highest BCUT2D eigenvalue weighted by Gasteiger charge is 2.25. The fourth-order valence-corrected chi connectivity index (χ4v) is 5.56. The van der Waals surface area contributed by atoms with E-state index in [-0.39, 0.29) is 24.2 Å². The van der Waals surface area contributed by atoms with Gasteiger partial charge in [-0.15, -0.1) is 0 Å². The van der Waals surface area contributed by atoms with Gasteiger partial charge in [0.15, 0.2) is 0 Å². The molecule has 3 aromatic heterocycles. The number of carbonyl (C=O) groups excluding carboxylic acids is 1. The number of aromatic nitrogens is 3. The van der Waals surface area contributed by atoms with Gasteiger partial charge in [0.25, 0.3) is 5.91 Å². The highest BCUT2D eigenvalue weighted by atomic mass is 35.5. The number of piperidine rings is 1. The normalized spacial score (nSPS) is 15.9. The number of ether oxygens (including phenoxy) is 1. The summed E-state index contributed by atoms with van der Waals surface area (Å²) in [6.45, 7) is 4.59. The Morgan fingerprint density at radius 2 is 1.95 bits per heavy atom. The van der Waals surface area contributed by atoms with Crippen LogP contribution in [-0.4, -0.2) is 40.0 Å². The Morgan fingerprint density at radius 3 is 2.65 bits per heavy atom. The molecule has 9 heteroatoms. The number of benzene rings is 1. The lowest BCUT2D eigenvalue weighted by Gasteiger charge is -2.33. The van der Waals surface area contributed by atoms with Crippen LogP contribution in [0.4, 0.5) is 10.2 Å². The molecule has 6 rings (SSSR count). The van der Waals surface area contributed by atoms with E-state index in [2.05, 4.69) is 20.2 Å². The summed E-state index contributed by atoms with van der Waals surface area (Å²) in [7, 11) is 0. The number of imidazole rings is 1. The fraction of sp³-hybridized carbons (Fsp3) is 0.387. The topological polar surface area (TPSA) is 71.8 Å². The molecule has 0 bridgehead atoms. The number of halogens is 2. The van der Waals surface area contributed by atoms with Crippen molar-refractivity contribution >= 4 is 29.0 Å². The molecule has 1 saturated carbocycles. The molecule has 40 heavy (non-hydrogen) atoms. The summed E-state index contributed by atoms with van der Waals surface area (Å²) in [6.07, 6.45) is 8.33. The summed E-state index contributed by atoms with van der Waals surface area (Å²) < 4.78 is 22.7. The molecule has 2 fully saturated rings. The molecule has 7 nitrogen and oxygen atoms in total. The number of aryl methyl sites for hydroxylation is 1. The van der Waals surface area contributed by atoms with Gasteiger partial charge in [-0.25, -0.2) is 14.4 Å². The predicted octanol–water partition coefficient (Wildman–Crippen LogP) is 6.19. The van der Waals surface area contributed by atoms with Gasteiger partial charge in [-0.05, 0) is 85.4 Å². The third kappa shape index (κ3) is 5.77. The average Bonchev–Trinajstić information content (AvgIpc) is 3.74. The Labute approximate surface area is 238 Å². The van der Waals surface area contributed by atoms with Gasteiger partial charge in [0.05, 0.1) is 23.5 Å². The van der Waals surface area contributed by atoms with Crippen LogP contribution >= 0.6 is 11.6 Å². The van der Waals surface area contributed by atoms with Crippen molar-refractivity contribution in [2.24, 2.45) is 5.92 Å². The first-order chi connectivity index (χ1) is 19.5. The molecular formula is C31H33ClFN5O2. The van der Waals surface area contributed by atoms with Gasteiger partial charge in [-0.1, -0.05) is 30.7 Å². The maximum atomic E-state index is 15.2. The predicted molar refractivity (Wildman–Crippen MR) is 154 cm³/mol. The van der Waals surface area contributed by atoms with E-state index in [0.29, 0.717) is 40.0 Å². The van der Waals surface area contributed by atoms with E-state index in [4.69, 9.17) is 16.3 Å². The zero-order chi connectivity index (χ0) is 27.6. The molecule has 1 aliphatic heterocycles. The molecule has 4 heterocycles. The van der Waals surface area contributed by atoms with Crippen molar-refractivity contribution in [1.82, 2.24) is 19.7 Å². The maximum absolute atomic E-state index is 15.2. The summed E-state index contributed by atoms with van der Waals surface area (Å²) in [6, 6.07) is 12.8. The lowest BCUT2D eigenvalue weighted by molar-refractivity contribution is 0.0944. The van der Waals surface area contributed by atoms with E-state index in [9.17, 15) is 4.79 Å². The van der Waals surface area contributed by atoms with Gasteiger partial charge in [-0.2, -0.15) is 0 Å². The van der Waals surface area contributed by atoms with Crippen molar-refractivity contribution in [3.8, 4) is 5.75 Å². The van der Waals surface area contributed by atoms with Gasteiger partial charge in [0.1, 0.15) is 28.7 Å². The van der Waals surface area contributed by atoms with Crippen molar-refractivity contribution in [2.75, 3.05) is 24.6 Å². The number of anilines is 1. The Hall–Kier alpha value is -3.65. The number of rotatable bonds is 9. The number of nitrogens with one attached hydrogen (secondary N) is 1. The van der Waals surface area contributed by atoms with Crippen LogP contribution in [0.25, 0.3) is 5.65 Å². The van der Waals surface area contributed by atoms with E-state index >= 15 is 4.39 Å². The van der Waals surface area contributed by atoms with Crippen molar-refractivity contribution in [3.63, 3.8) is 0 Å². The highest BCUT2D eigenvalue weighted by Crippen LogP contribution is 2.33. The van der Waals surface area contributed by atoms with Crippen LogP contribution in [0.1, 0.15) is 65.8 Å². The van der Waals surface area contributed by atoms with Crippen LogP contribution in [0.5, 0.6) is 5.75 Å². The van der Waals surface area contributed by atoms with E-state index in [0.717, 1.165) is 49.7 Å². The van der Waals surface area contributed by atoms with Gasteiger partial charge in [0, 0.05) is 25.8 Å². The molecule has 1 N–H and O–H groups in total. The molecule has 0 atom stereocenters. The van der Waals surface area contributed by atoms with Crippen molar-refractivity contribution in [3.05, 3.63) is 88.2 Å². The smallest absolute Gasteiger partial charge is 0.270 e. The molecule has 4 aromatic rings. The lowest BCUT2D eigenvalue weighted by atomic mass is 9.88. The van der Waals surface area contributed by atoms with Crippen LogP contribution in [-0.2, 0) is 13.0 Å². The van der Waals surface area contributed by atoms with E-state index in [1.165, 1.54) is 18.9 Å². The fourth-order valence-electron chi connectivity index (χ4n) is 5.40. The molecule has 1 aliphatic carbocycles. The summed E-state index contributed by atoms with van der Waals surface area (Å²) >= 11 is 6.15. The first-order valence-electron chi connectivity index (χ1n) is 14.0. The Kier molecular flexibility index (Phi) is 7.61. The standard InChI is InChI=1S/C31H33ClFN5O2/c1-2-27-30(38-18-23(32)6-9-29(38)36-27)31(39)35-16-21-5-8-25(26(33)15-21)22-11-13-37(14-12-22)28-10-7-24(17-34-28)40-19-20-3-4-20/h5-10,15,17-18,20,22H,2-4,11-14,16,19H2,1H3,(H,35,39). The maximum Gasteiger partial charge on any atom is 0.270 e. The first-order valence-corrected chi connectivity index (χ1v) is 14.4. The minimum absolute atomic E-state index is 0.149. The van der Waals surface area contributed by atoms with Gasteiger partial charge in [0.2, 0.25) is 0 Å². The van der Waals surface area contributed by atoms with Crippen LogP contribution in [0.15, 0.2) is 54.9 Å². The summed E-state index contributed by atoms with van der Waals surface area (Å²) in [5.41, 5.74) is 3.26. The quantitative estimate of drug-likeness (QED) is 0.264. The zero-order valence-corrected chi connectivity index (χ0v) is 23.3. The Balaban J connectivity index is 1.05. The van der Waals surface area contributed by atoms with Crippen molar-refractivity contribution in [2.45, 2.75) is 51.5 Å². The van der Waals surface area contributed by atoms with Crippen molar-refractivity contribution in [1.29, 1.82) is 0 Å². The molecule has 2 aliphatic rings. The van der Waals surface area contributed by atoms with Crippen LogP contribution < -0.4 is 15.0 Å². The molecule has 1 aromatic carbocycles. The summed E-state index contributed by atoms with van der Waals surface area (Å²) in [4.78, 5) is 24.5. The molecule has 1 saturated heterocycles. The molecule has 1 amide bonds. The number of carbonyl (C=O) groups is 1. The monoisotopic (exact) mass is 561 g/mol. The number of pyridine rings is 2. The highest BCUT2D eigenvalue weighted by molar-refractivity contribution is 6.30. The van der Waals surface area contributed by atoms with Gasteiger partial charge in [-0.3, -0.25) is 9.20 Å². The lowest BCUT2D eigenvalue weighted by Crippen LogP contribution is -2.33. The second-order valence-corrected chi connectivity index (χ2v) is 11.2. The molecule has 0 spiro atoms. The minimum Gasteiger partial charge on any atom is -0.492 e. The van der Waals surface area contributed by atoms with Crippen LogP contribution in [0, 0.1) is 11.7 Å². The second kappa shape index (κ2) is 11.5. The minimum atomic E-state index is -0.264. The summed E-state index contributed by atoms with van der Waals surface area (Å²) in [5.74, 6) is 2.12. The SMILES string of the molecule is CCc1nc2ccc(Cl)cn2c1C(=O)NCc1ccc(C2CCN(c3ccc(OCC4CC4)cn3)CC2)c(F)c1. The van der Waals surface area contributed by atoms with Gasteiger partial charge < -0.3 is 15.0 Å². The second-order valence-electron chi connectivity index (χ2n) is 10.7. The third-order valence-corrected chi connectivity index (χ3v) is 8.11. The average molecular weight is 562 g/mol. The largest absolute Gasteiger partial charge is 0.492 e. The van der Waals surface area contributed by atoms with Gasteiger partial charge >= 0.3 is 0 Å². The Morgan fingerprint density at radius 1 is 1.12 bits per heavy atom. The Bertz CT molecular complexity index is 1510. The number of hydrogen-bond donors (Lipinski definition) is 1. The number of nitrogens with zero attached hydrogens (tertiary/aromatic N) is 4. The molecule has 0 radical (unpaired) electrons. The van der Waals surface area contributed by atoms with E-state index in [1.54, 1.807) is 28.9 Å². The molecular weight excluding hydrogens is 529 g/mol.